The third-order valence-corrected chi connectivity index (χ3v) is 15.2. The minimum Gasteiger partial charge on any atom is -0.134 e. The third kappa shape index (κ3) is 5.25. The number of hydrogen-bond donors (Lipinski definition) is 0. The number of rotatable bonds is 3. The summed E-state index contributed by atoms with van der Waals surface area (Å²) in [7, 11) is 0. The maximum absolute atomic E-state index is 7.10. The lowest BCUT2D eigenvalue weighted by atomic mass is 10.2. The lowest BCUT2D eigenvalue weighted by Gasteiger charge is -2.11. The van der Waals surface area contributed by atoms with Crippen molar-refractivity contribution in [1.29, 1.82) is 0 Å². The number of halogens is 2. The van der Waals surface area contributed by atoms with Crippen LogP contribution in [-0.4, -0.2) is 0 Å². The molecule has 4 heterocycles. The first-order valence-electron chi connectivity index (χ1n) is 9.40. The van der Waals surface area contributed by atoms with Crippen molar-refractivity contribution in [3.63, 3.8) is 0 Å². The lowest BCUT2D eigenvalue weighted by Crippen LogP contribution is -1.86. The second-order valence-electron chi connectivity index (χ2n) is 6.98. The number of thiophene rings is 1. The largest absolute Gasteiger partial charge is 0.134 e. The quantitative estimate of drug-likeness (QED) is 0.347. The van der Waals surface area contributed by atoms with E-state index in [1.54, 1.807) is 58.4 Å². The van der Waals surface area contributed by atoms with E-state index in [-0.39, 0.29) is 0 Å². The summed E-state index contributed by atoms with van der Waals surface area (Å²) in [5.41, 5.74) is 1.13. The molecule has 0 spiro atoms. The van der Waals surface area contributed by atoms with E-state index < -0.39 is 0 Å². The van der Waals surface area contributed by atoms with Crippen LogP contribution in [0.4, 0.5) is 0 Å². The molecule has 1 aromatic rings. The van der Waals surface area contributed by atoms with Crippen LogP contribution in [0.15, 0.2) is 59.3 Å². The van der Waals surface area contributed by atoms with Crippen LogP contribution < -0.4 is 0 Å². The predicted molar refractivity (Wildman–Crippen MR) is 158 cm³/mol. The van der Waals surface area contributed by atoms with Gasteiger partial charge in [0, 0.05) is 15.3 Å². The standard InChI is InChI=1S/C22H20Cl2S7/c1-9-10(2)26-20(25-9)17(19(24)22-29-13(5)14(6)30-22)15-7-8-16(31-15)18(23)21-27-11(3)12(4)28-21/h7-8H,1-6H3. The Morgan fingerprint density at radius 3 is 1.42 bits per heavy atom. The van der Waals surface area contributed by atoms with Gasteiger partial charge in [0.2, 0.25) is 0 Å². The van der Waals surface area contributed by atoms with Gasteiger partial charge in [-0.1, -0.05) is 93.8 Å². The molecule has 3 aliphatic heterocycles. The van der Waals surface area contributed by atoms with Gasteiger partial charge in [-0.15, -0.1) is 11.3 Å². The van der Waals surface area contributed by atoms with Crippen LogP contribution in [0.3, 0.4) is 0 Å². The zero-order valence-electron chi connectivity index (χ0n) is 17.8. The van der Waals surface area contributed by atoms with E-state index in [0.717, 1.165) is 20.5 Å². The van der Waals surface area contributed by atoms with Crippen molar-refractivity contribution in [2.24, 2.45) is 0 Å². The minimum atomic E-state index is 0.839. The highest BCUT2D eigenvalue weighted by Gasteiger charge is 2.28. The molecule has 0 fully saturated rings. The summed E-state index contributed by atoms with van der Waals surface area (Å²) in [5, 5.41) is 1.68. The van der Waals surface area contributed by atoms with Crippen LogP contribution in [0.2, 0.25) is 0 Å². The first kappa shape index (κ1) is 24.9. The summed E-state index contributed by atoms with van der Waals surface area (Å²) < 4.78 is 3.59. The van der Waals surface area contributed by atoms with Gasteiger partial charge in [0.25, 0.3) is 0 Å². The average Bonchev–Trinajstić information content (AvgIpc) is 3.47. The molecule has 31 heavy (non-hydrogen) atoms. The fraction of sp³-hybridized carbons (Fsp3) is 0.273. The maximum atomic E-state index is 7.10. The highest BCUT2D eigenvalue weighted by Crippen LogP contribution is 2.59. The Kier molecular flexibility index (Phi) is 8.21. The van der Waals surface area contributed by atoms with Gasteiger partial charge in [0.05, 0.1) is 22.8 Å². The molecule has 1 aromatic heterocycles. The lowest BCUT2D eigenvalue weighted by molar-refractivity contribution is 1.57. The Morgan fingerprint density at radius 1 is 0.548 bits per heavy atom. The molecule has 0 radical (unpaired) electrons. The smallest absolute Gasteiger partial charge is 0.0785 e. The fourth-order valence-electron chi connectivity index (χ4n) is 2.70. The van der Waals surface area contributed by atoms with Gasteiger partial charge in [-0.2, -0.15) is 0 Å². The molecule has 0 N–H and O–H groups in total. The van der Waals surface area contributed by atoms with Crippen molar-refractivity contribution in [2.45, 2.75) is 41.5 Å². The Morgan fingerprint density at radius 2 is 0.935 bits per heavy atom. The molecule has 0 bridgehead atoms. The van der Waals surface area contributed by atoms with Crippen molar-refractivity contribution in [1.82, 2.24) is 0 Å². The van der Waals surface area contributed by atoms with Crippen molar-refractivity contribution < 1.29 is 0 Å². The van der Waals surface area contributed by atoms with Crippen LogP contribution in [0.25, 0.3) is 10.6 Å². The van der Waals surface area contributed by atoms with E-state index in [4.69, 9.17) is 23.2 Å². The Labute approximate surface area is 224 Å². The molecule has 0 unspecified atom stereocenters. The molecule has 3 aliphatic rings. The van der Waals surface area contributed by atoms with Gasteiger partial charge in [0.15, 0.2) is 0 Å². The Balaban J connectivity index is 1.75. The zero-order chi connectivity index (χ0) is 22.4. The maximum Gasteiger partial charge on any atom is 0.0785 e. The molecule has 4 rings (SSSR count). The van der Waals surface area contributed by atoms with E-state index in [1.165, 1.54) is 47.0 Å². The summed E-state index contributed by atoms with van der Waals surface area (Å²) in [4.78, 5) is 10.3. The molecule has 0 saturated carbocycles. The van der Waals surface area contributed by atoms with Crippen LogP contribution >= 0.6 is 105 Å². The van der Waals surface area contributed by atoms with Gasteiger partial charge in [-0.25, -0.2) is 0 Å². The molecular formula is C22H20Cl2S7. The number of hydrogen-bond acceptors (Lipinski definition) is 7. The average molecular weight is 580 g/mol. The molecule has 0 nitrogen and oxygen atoms in total. The molecule has 9 heteroatoms. The monoisotopic (exact) mass is 578 g/mol. The van der Waals surface area contributed by atoms with Gasteiger partial charge in [-0.3, -0.25) is 0 Å². The fourth-order valence-corrected chi connectivity index (χ4v) is 12.4. The van der Waals surface area contributed by atoms with E-state index >= 15 is 0 Å². The molecule has 0 aromatic carbocycles. The van der Waals surface area contributed by atoms with Crippen LogP contribution in [0.5, 0.6) is 0 Å². The Bertz CT molecular complexity index is 1110. The van der Waals surface area contributed by atoms with E-state index in [9.17, 15) is 0 Å². The number of allylic oxidation sites excluding steroid dienone is 8. The topological polar surface area (TPSA) is 0 Å². The number of thioether (sulfide) groups is 6. The molecular weight excluding hydrogens is 560 g/mol. The third-order valence-electron chi connectivity index (χ3n) is 4.81. The normalized spacial score (nSPS) is 19.5. The van der Waals surface area contributed by atoms with Crippen molar-refractivity contribution in [2.75, 3.05) is 0 Å². The highest BCUT2D eigenvalue weighted by atomic mass is 35.5. The SMILES string of the molecule is CC1=C(C)SC(=C(Cl)C(=C2SC(C)=C(C)S2)c2ccc(C(Cl)=C3SC(C)=C(C)S3)s2)S1. The van der Waals surface area contributed by atoms with Crippen molar-refractivity contribution in [3.8, 4) is 0 Å². The van der Waals surface area contributed by atoms with E-state index in [2.05, 4.69) is 53.7 Å². The van der Waals surface area contributed by atoms with E-state index in [0.29, 0.717) is 0 Å². The van der Waals surface area contributed by atoms with E-state index in [1.807, 2.05) is 23.5 Å². The molecule has 0 amide bonds. The van der Waals surface area contributed by atoms with Gasteiger partial charge < -0.3 is 0 Å². The summed E-state index contributed by atoms with van der Waals surface area (Å²) in [6.07, 6.45) is 0. The summed E-state index contributed by atoms with van der Waals surface area (Å²) >= 11 is 26.4. The van der Waals surface area contributed by atoms with Crippen molar-refractivity contribution in [3.05, 3.63) is 69.1 Å². The van der Waals surface area contributed by atoms with Crippen LogP contribution in [0.1, 0.15) is 51.3 Å². The summed E-state index contributed by atoms with van der Waals surface area (Å²) in [5.74, 6) is 0. The predicted octanol–water partition coefficient (Wildman–Crippen LogP) is 11.9. The molecule has 0 saturated heterocycles. The first-order chi connectivity index (χ1) is 14.7. The van der Waals surface area contributed by atoms with Crippen molar-refractivity contribution >= 4 is 116 Å². The Hall–Kier alpha value is 0.820. The van der Waals surface area contributed by atoms with Crippen LogP contribution in [-0.2, 0) is 0 Å². The van der Waals surface area contributed by atoms with Crippen LogP contribution in [0, 0.1) is 0 Å². The second kappa shape index (κ2) is 10.2. The molecule has 0 aliphatic carbocycles. The molecule has 0 atom stereocenters. The summed E-state index contributed by atoms with van der Waals surface area (Å²) in [6, 6.07) is 4.31. The zero-order valence-corrected chi connectivity index (χ0v) is 25.0. The summed E-state index contributed by atoms with van der Waals surface area (Å²) in [6.45, 7) is 13.0. The van der Waals surface area contributed by atoms with Gasteiger partial charge in [0.1, 0.15) is 0 Å². The second-order valence-corrected chi connectivity index (χ2v) is 16.9. The highest BCUT2D eigenvalue weighted by molar-refractivity contribution is 8.29. The molecule has 164 valence electrons. The minimum absolute atomic E-state index is 0.839. The van der Waals surface area contributed by atoms with Gasteiger partial charge >= 0.3 is 0 Å². The first-order valence-corrected chi connectivity index (χ1v) is 15.9. The van der Waals surface area contributed by atoms with Gasteiger partial charge in [-0.05, 0) is 83.1 Å².